The molecule has 0 spiro atoms. The molecule has 0 fully saturated rings. The van der Waals surface area contributed by atoms with Crippen molar-refractivity contribution >= 4 is 23.1 Å². The highest BCUT2D eigenvalue weighted by atomic mass is 32.1. The van der Waals surface area contributed by atoms with Gasteiger partial charge in [0.05, 0.1) is 31.9 Å². The Morgan fingerprint density at radius 1 is 1.20 bits per heavy atom. The Bertz CT molecular complexity index is 505. The van der Waals surface area contributed by atoms with E-state index in [4.69, 9.17) is 32.2 Å². The number of nitrogens with one attached hydrogen (secondary N) is 1. The summed E-state index contributed by atoms with van der Waals surface area (Å²) in [6, 6.07) is 3.25. The van der Waals surface area contributed by atoms with Crippen LogP contribution in [-0.2, 0) is 0 Å². The van der Waals surface area contributed by atoms with Crippen LogP contribution in [0.15, 0.2) is 12.1 Å². The maximum atomic E-state index is 12.1. The van der Waals surface area contributed by atoms with E-state index in [9.17, 15) is 4.79 Å². The number of carbonyl (C=O) groups excluding carboxylic acids is 1. The zero-order chi connectivity index (χ0) is 15.1. The van der Waals surface area contributed by atoms with Gasteiger partial charge in [-0.25, -0.2) is 0 Å². The van der Waals surface area contributed by atoms with Gasteiger partial charge in [0.2, 0.25) is 5.75 Å². The summed E-state index contributed by atoms with van der Waals surface area (Å²) < 4.78 is 15.6. The molecule has 0 radical (unpaired) electrons. The van der Waals surface area contributed by atoms with Crippen LogP contribution >= 0.6 is 12.2 Å². The quantitative estimate of drug-likeness (QED) is 0.734. The summed E-state index contributed by atoms with van der Waals surface area (Å²) in [5, 5.41) is 2.71. The summed E-state index contributed by atoms with van der Waals surface area (Å²) in [4.78, 5) is 12.5. The number of amides is 1. The lowest BCUT2D eigenvalue weighted by Gasteiger charge is -2.15. The van der Waals surface area contributed by atoms with Crippen molar-refractivity contribution in [2.45, 2.75) is 6.42 Å². The molecule has 0 unspecified atom stereocenters. The van der Waals surface area contributed by atoms with Gasteiger partial charge in [-0.05, 0) is 12.1 Å². The van der Waals surface area contributed by atoms with E-state index in [1.807, 2.05) is 0 Å². The molecule has 1 aromatic carbocycles. The standard InChI is InChI=1S/C13H18N2O4S/c1-17-9-5-4-8(11(18-2)12(9)19-3)13(16)15-7-6-10(14)20/h4-5H,6-7H2,1-3H3,(H2,14,20)(H,15,16). The van der Waals surface area contributed by atoms with Crippen molar-refractivity contribution in [2.24, 2.45) is 5.73 Å². The fourth-order valence-electron chi connectivity index (χ4n) is 1.67. The monoisotopic (exact) mass is 298 g/mol. The van der Waals surface area contributed by atoms with E-state index in [1.165, 1.54) is 21.3 Å². The normalized spacial score (nSPS) is 9.75. The van der Waals surface area contributed by atoms with Gasteiger partial charge in [-0.3, -0.25) is 4.79 Å². The number of carbonyl (C=O) groups is 1. The lowest BCUT2D eigenvalue weighted by atomic mass is 10.1. The Balaban J connectivity index is 2.99. The first-order valence-corrected chi connectivity index (χ1v) is 6.31. The van der Waals surface area contributed by atoms with E-state index in [-0.39, 0.29) is 5.91 Å². The molecule has 0 atom stereocenters. The lowest BCUT2D eigenvalue weighted by Crippen LogP contribution is -2.27. The Labute approximate surface area is 123 Å². The maximum absolute atomic E-state index is 12.1. The van der Waals surface area contributed by atoms with E-state index in [2.05, 4.69) is 5.32 Å². The van der Waals surface area contributed by atoms with Crippen molar-refractivity contribution in [1.29, 1.82) is 0 Å². The molecule has 6 nitrogen and oxygen atoms in total. The number of hydrogen-bond acceptors (Lipinski definition) is 5. The number of ether oxygens (including phenoxy) is 3. The number of rotatable bonds is 7. The number of nitrogens with two attached hydrogens (primary N) is 1. The van der Waals surface area contributed by atoms with Crippen LogP contribution in [0, 0.1) is 0 Å². The van der Waals surface area contributed by atoms with Gasteiger partial charge in [-0.1, -0.05) is 12.2 Å². The molecular formula is C13H18N2O4S. The molecule has 110 valence electrons. The van der Waals surface area contributed by atoms with Crippen molar-refractivity contribution in [1.82, 2.24) is 5.32 Å². The summed E-state index contributed by atoms with van der Waals surface area (Å²) in [7, 11) is 4.46. The van der Waals surface area contributed by atoms with Crippen LogP contribution in [0.3, 0.4) is 0 Å². The summed E-state index contributed by atoms with van der Waals surface area (Å²) in [6.45, 7) is 0.367. The third-order valence-corrected chi connectivity index (χ3v) is 2.81. The van der Waals surface area contributed by atoms with Crippen LogP contribution in [0.2, 0.25) is 0 Å². The number of hydrogen-bond donors (Lipinski definition) is 2. The minimum Gasteiger partial charge on any atom is -0.493 e. The molecule has 0 aliphatic heterocycles. The van der Waals surface area contributed by atoms with Crippen molar-refractivity contribution in [2.75, 3.05) is 27.9 Å². The van der Waals surface area contributed by atoms with Gasteiger partial charge in [0.1, 0.15) is 0 Å². The van der Waals surface area contributed by atoms with E-state index < -0.39 is 0 Å². The molecule has 0 aliphatic rings. The number of benzene rings is 1. The molecule has 0 heterocycles. The van der Waals surface area contributed by atoms with Gasteiger partial charge in [-0.2, -0.15) is 0 Å². The molecule has 0 aromatic heterocycles. The van der Waals surface area contributed by atoms with Gasteiger partial charge in [-0.15, -0.1) is 0 Å². The fraction of sp³-hybridized carbons (Fsp3) is 0.385. The van der Waals surface area contributed by atoms with Gasteiger partial charge < -0.3 is 25.3 Å². The molecule has 1 rings (SSSR count). The van der Waals surface area contributed by atoms with Crippen LogP contribution in [-0.4, -0.2) is 38.8 Å². The molecule has 1 aromatic rings. The van der Waals surface area contributed by atoms with Crippen molar-refractivity contribution in [3.8, 4) is 17.2 Å². The van der Waals surface area contributed by atoms with Crippen molar-refractivity contribution in [3.63, 3.8) is 0 Å². The SMILES string of the molecule is COc1ccc(C(=O)NCCC(N)=S)c(OC)c1OC. The van der Waals surface area contributed by atoms with Crippen LogP contribution in [0.5, 0.6) is 17.2 Å². The highest BCUT2D eigenvalue weighted by Gasteiger charge is 2.20. The third kappa shape index (κ3) is 3.74. The van der Waals surface area contributed by atoms with Gasteiger partial charge in [0.15, 0.2) is 11.5 Å². The van der Waals surface area contributed by atoms with Crippen molar-refractivity contribution in [3.05, 3.63) is 17.7 Å². The molecule has 7 heteroatoms. The Morgan fingerprint density at radius 2 is 1.85 bits per heavy atom. The van der Waals surface area contributed by atoms with Crippen LogP contribution in [0.4, 0.5) is 0 Å². The van der Waals surface area contributed by atoms with E-state index in [0.717, 1.165) is 0 Å². The molecular weight excluding hydrogens is 280 g/mol. The molecule has 0 saturated heterocycles. The second-order valence-electron chi connectivity index (χ2n) is 3.85. The predicted octanol–water partition coefficient (Wildman–Crippen LogP) is 1.12. The highest BCUT2D eigenvalue weighted by Crippen LogP contribution is 2.39. The topological polar surface area (TPSA) is 82.8 Å². The summed E-state index contributed by atoms with van der Waals surface area (Å²) in [5.41, 5.74) is 5.73. The zero-order valence-electron chi connectivity index (χ0n) is 11.7. The Kier molecular flexibility index (Phi) is 6.05. The molecule has 20 heavy (non-hydrogen) atoms. The molecule has 1 amide bonds. The van der Waals surface area contributed by atoms with Gasteiger partial charge in [0.25, 0.3) is 5.91 Å². The minimum atomic E-state index is -0.293. The van der Waals surface area contributed by atoms with E-state index in [1.54, 1.807) is 12.1 Å². The molecule has 0 bridgehead atoms. The first-order chi connectivity index (χ1) is 9.54. The smallest absolute Gasteiger partial charge is 0.255 e. The van der Waals surface area contributed by atoms with Crippen LogP contribution < -0.4 is 25.3 Å². The summed E-state index contributed by atoms with van der Waals surface area (Å²) >= 11 is 4.75. The lowest BCUT2D eigenvalue weighted by molar-refractivity contribution is 0.0951. The second-order valence-corrected chi connectivity index (χ2v) is 4.38. The molecule has 0 saturated carbocycles. The average molecular weight is 298 g/mol. The fourth-order valence-corrected chi connectivity index (χ4v) is 1.78. The van der Waals surface area contributed by atoms with Gasteiger partial charge >= 0.3 is 0 Å². The minimum absolute atomic E-state index is 0.293. The van der Waals surface area contributed by atoms with E-state index >= 15 is 0 Å². The largest absolute Gasteiger partial charge is 0.493 e. The zero-order valence-corrected chi connectivity index (χ0v) is 12.5. The molecule has 0 aliphatic carbocycles. The molecule has 3 N–H and O–H groups in total. The highest BCUT2D eigenvalue weighted by molar-refractivity contribution is 7.80. The van der Waals surface area contributed by atoms with Crippen molar-refractivity contribution < 1.29 is 19.0 Å². The predicted molar refractivity (Wildman–Crippen MR) is 79.8 cm³/mol. The van der Waals surface area contributed by atoms with E-state index in [0.29, 0.717) is 40.8 Å². The maximum Gasteiger partial charge on any atom is 0.255 e. The van der Waals surface area contributed by atoms with Gasteiger partial charge in [0, 0.05) is 13.0 Å². The van der Waals surface area contributed by atoms with Crippen LogP contribution in [0.25, 0.3) is 0 Å². The Hall–Kier alpha value is -2.02. The Morgan fingerprint density at radius 3 is 2.35 bits per heavy atom. The average Bonchev–Trinajstić information content (AvgIpc) is 2.44. The first kappa shape index (κ1) is 16.0. The number of thiocarbonyl (C=S) groups is 1. The second kappa shape index (κ2) is 7.54. The van der Waals surface area contributed by atoms with Crippen LogP contribution in [0.1, 0.15) is 16.8 Å². The summed E-state index contributed by atoms with van der Waals surface area (Å²) in [6.07, 6.45) is 0.441. The summed E-state index contributed by atoms with van der Waals surface area (Å²) in [5.74, 6) is 0.889. The first-order valence-electron chi connectivity index (χ1n) is 5.90. The number of methoxy groups -OCH3 is 3. The third-order valence-electron chi connectivity index (χ3n) is 2.61.